The number of ether oxygens (including phenoxy) is 2. The van der Waals surface area contributed by atoms with Crippen LogP contribution >= 0.6 is 7.82 Å². The number of phosphoric acid groups is 1. The molecule has 0 aromatic heterocycles. The zero-order valence-electron chi connectivity index (χ0n) is 42.8. The molecule has 69 heavy (non-hydrogen) atoms. The minimum Gasteiger partial charge on any atom is -0.462 e. The van der Waals surface area contributed by atoms with Crippen molar-refractivity contribution < 1.29 is 63.1 Å². The normalized spacial score (nSPS) is 21.3. The van der Waals surface area contributed by atoms with Gasteiger partial charge in [0.25, 0.3) is 0 Å². The molecule has 0 bridgehead atoms. The Balaban J connectivity index is 2.40. The summed E-state index contributed by atoms with van der Waals surface area (Å²) in [5.41, 5.74) is 0. The van der Waals surface area contributed by atoms with E-state index in [9.17, 15) is 44.6 Å². The fourth-order valence-corrected chi connectivity index (χ4v) is 8.93. The van der Waals surface area contributed by atoms with Crippen molar-refractivity contribution in [2.45, 2.75) is 262 Å². The Kier molecular flexibility index (Phi) is 41.4. The zero-order chi connectivity index (χ0) is 50.6. The fourth-order valence-electron chi connectivity index (χ4n) is 7.96. The van der Waals surface area contributed by atoms with Crippen LogP contribution in [0.15, 0.2) is 60.8 Å². The van der Waals surface area contributed by atoms with Crippen LogP contribution in [-0.4, -0.2) is 98.3 Å². The monoisotopic (exact) mass is 997 g/mol. The summed E-state index contributed by atoms with van der Waals surface area (Å²) >= 11 is 0. The highest BCUT2D eigenvalue weighted by Crippen LogP contribution is 2.47. The van der Waals surface area contributed by atoms with E-state index >= 15 is 0 Å². The Hall–Kier alpha value is -2.45. The first-order valence-corrected chi connectivity index (χ1v) is 28.6. The van der Waals surface area contributed by atoms with Gasteiger partial charge in [-0.15, -0.1) is 0 Å². The van der Waals surface area contributed by atoms with Crippen molar-refractivity contribution in [1.82, 2.24) is 0 Å². The van der Waals surface area contributed by atoms with E-state index in [2.05, 4.69) is 68.5 Å². The average molecular weight is 997 g/mol. The topological polar surface area (TPSA) is 210 Å². The number of hydrogen-bond acceptors (Lipinski definition) is 12. The Bertz CT molecular complexity index is 1430. The maximum atomic E-state index is 12.9. The highest BCUT2D eigenvalue weighted by molar-refractivity contribution is 7.47. The third-order valence-electron chi connectivity index (χ3n) is 12.3. The molecule has 6 unspecified atom stereocenters. The molecule has 1 rings (SSSR count). The van der Waals surface area contributed by atoms with Crippen LogP contribution in [0.5, 0.6) is 0 Å². The quantitative estimate of drug-likeness (QED) is 0.0145. The van der Waals surface area contributed by atoms with E-state index < -0.39 is 75.7 Å². The zero-order valence-corrected chi connectivity index (χ0v) is 43.7. The van der Waals surface area contributed by atoms with Crippen molar-refractivity contribution in [1.29, 1.82) is 0 Å². The molecular formula is C55H97O13P. The maximum absolute atomic E-state index is 12.9. The van der Waals surface area contributed by atoms with Gasteiger partial charge in [-0.1, -0.05) is 184 Å². The number of unbranched alkanes of at least 4 members (excludes halogenated alkanes) is 23. The Morgan fingerprint density at radius 2 is 0.812 bits per heavy atom. The molecule has 0 amide bonds. The molecule has 0 aromatic carbocycles. The van der Waals surface area contributed by atoms with E-state index in [1.807, 2.05) is 6.08 Å². The van der Waals surface area contributed by atoms with Gasteiger partial charge in [0, 0.05) is 12.8 Å². The first-order valence-electron chi connectivity index (χ1n) is 27.1. The van der Waals surface area contributed by atoms with Crippen molar-refractivity contribution in [2.24, 2.45) is 0 Å². The highest BCUT2D eigenvalue weighted by Gasteiger charge is 2.51. The van der Waals surface area contributed by atoms with E-state index in [0.29, 0.717) is 19.3 Å². The van der Waals surface area contributed by atoms with Gasteiger partial charge >= 0.3 is 19.8 Å². The lowest BCUT2D eigenvalue weighted by Gasteiger charge is -2.41. The molecular weight excluding hydrogens is 900 g/mol. The predicted molar refractivity (Wildman–Crippen MR) is 276 cm³/mol. The summed E-state index contributed by atoms with van der Waals surface area (Å²) in [6.07, 6.45) is 42.8. The Morgan fingerprint density at radius 1 is 0.449 bits per heavy atom. The third-order valence-corrected chi connectivity index (χ3v) is 13.3. The number of carbonyl (C=O) groups excluding carboxylic acids is 2. The Morgan fingerprint density at radius 3 is 1.32 bits per heavy atom. The lowest BCUT2D eigenvalue weighted by molar-refractivity contribution is -0.220. The van der Waals surface area contributed by atoms with Crippen molar-refractivity contribution in [3.8, 4) is 0 Å². The van der Waals surface area contributed by atoms with Crippen LogP contribution < -0.4 is 0 Å². The van der Waals surface area contributed by atoms with E-state index in [-0.39, 0.29) is 12.8 Å². The summed E-state index contributed by atoms with van der Waals surface area (Å²) in [6.45, 7) is 3.25. The predicted octanol–water partition coefficient (Wildman–Crippen LogP) is 12.1. The van der Waals surface area contributed by atoms with Crippen LogP contribution in [0.2, 0.25) is 0 Å². The van der Waals surface area contributed by atoms with Crippen LogP contribution in [0.1, 0.15) is 219 Å². The number of aliphatic hydroxyl groups is 5. The lowest BCUT2D eigenvalue weighted by atomic mass is 9.85. The molecule has 13 nitrogen and oxygen atoms in total. The van der Waals surface area contributed by atoms with Gasteiger partial charge in [-0.05, 0) is 83.5 Å². The molecule has 400 valence electrons. The van der Waals surface area contributed by atoms with Gasteiger partial charge in [0.05, 0.1) is 6.61 Å². The van der Waals surface area contributed by atoms with Crippen LogP contribution in [0.4, 0.5) is 0 Å². The van der Waals surface area contributed by atoms with Crippen LogP contribution in [-0.2, 0) is 32.7 Å². The molecule has 1 aliphatic carbocycles. The largest absolute Gasteiger partial charge is 0.472 e. The van der Waals surface area contributed by atoms with E-state index in [0.717, 1.165) is 64.2 Å². The van der Waals surface area contributed by atoms with E-state index in [1.54, 1.807) is 0 Å². The standard InChI is InChI=1S/C55H97O13P/c1-3-5-7-9-11-13-15-17-19-21-22-23-24-25-26-28-29-31-33-35-37-39-41-43-48(56)65-45-47(46-66-69(63,64)68-55-53(61)51(59)50(58)52(60)54(55)62)67-49(57)44-42-40-38-36-34-32-30-27-20-18-16-14-12-10-8-6-4-2/h12,14,18,20,28-30,32,35,37,47,50-55,58-62H,3-11,13,15-17,19,21-27,31,33-34,36,38-46H2,1-2H3,(H,63,64)/b14-12+,20-18+,29-28+,32-30+,37-35+/t47-,50?,51-,52?,53?,54?,55?/m0/s1. The molecule has 14 heteroatoms. The van der Waals surface area contributed by atoms with Crippen molar-refractivity contribution in [2.75, 3.05) is 13.2 Å². The molecule has 1 aliphatic rings. The number of hydrogen-bond donors (Lipinski definition) is 6. The molecule has 0 saturated heterocycles. The summed E-state index contributed by atoms with van der Waals surface area (Å²) in [5, 5.41) is 50.3. The molecule has 1 fully saturated rings. The first-order chi connectivity index (χ1) is 33.4. The summed E-state index contributed by atoms with van der Waals surface area (Å²) in [7, 11) is -5.14. The number of rotatable bonds is 45. The number of carbonyl (C=O) groups is 2. The minimum absolute atomic E-state index is 0.0611. The first kappa shape index (κ1) is 64.6. The number of phosphoric ester groups is 1. The van der Waals surface area contributed by atoms with Crippen LogP contribution in [0, 0.1) is 0 Å². The second kappa shape index (κ2) is 44.3. The second-order valence-corrected chi connectivity index (χ2v) is 20.1. The van der Waals surface area contributed by atoms with E-state index in [4.69, 9.17) is 18.5 Å². The summed E-state index contributed by atoms with van der Waals surface area (Å²) in [5.74, 6) is -1.17. The molecule has 0 heterocycles. The van der Waals surface area contributed by atoms with Crippen molar-refractivity contribution in [3.05, 3.63) is 60.8 Å². The smallest absolute Gasteiger partial charge is 0.462 e. The summed E-state index contributed by atoms with van der Waals surface area (Å²) in [6, 6.07) is 0. The van der Waals surface area contributed by atoms with Crippen molar-refractivity contribution in [3.63, 3.8) is 0 Å². The Labute approximate surface area is 417 Å². The maximum Gasteiger partial charge on any atom is 0.472 e. The summed E-state index contributed by atoms with van der Waals surface area (Å²) in [4.78, 5) is 35.8. The van der Waals surface area contributed by atoms with Crippen molar-refractivity contribution >= 4 is 19.8 Å². The van der Waals surface area contributed by atoms with Crippen LogP contribution in [0.25, 0.3) is 0 Å². The third kappa shape index (κ3) is 36.2. The molecule has 0 radical (unpaired) electrons. The minimum atomic E-state index is -5.14. The number of allylic oxidation sites excluding steroid dienone is 10. The molecule has 0 aliphatic heterocycles. The van der Waals surface area contributed by atoms with Gasteiger partial charge in [0.1, 0.15) is 43.2 Å². The number of aliphatic hydroxyl groups excluding tert-OH is 5. The lowest BCUT2D eigenvalue weighted by Crippen LogP contribution is -2.64. The SMILES string of the molecule is CCCCC/C=C/C/C=C/C/C=C/CCCCCCC(=O)O[C@@H](COC(=O)CCC/C=C/CC/C=C/CCCCCCCCCCCCCCCC)COP(=O)(O)OC1C(O)C(O)C(O)[C@H](O)C1O. The van der Waals surface area contributed by atoms with Crippen LogP contribution in [0.3, 0.4) is 0 Å². The summed E-state index contributed by atoms with van der Waals surface area (Å²) < 4.78 is 33.6. The highest BCUT2D eigenvalue weighted by atomic mass is 31.2. The fraction of sp³-hybridized carbons (Fsp3) is 0.782. The molecule has 8 atom stereocenters. The molecule has 0 spiro atoms. The van der Waals surface area contributed by atoms with Gasteiger partial charge in [0.15, 0.2) is 6.10 Å². The molecule has 6 N–H and O–H groups in total. The molecule has 0 aromatic rings. The van der Waals surface area contributed by atoms with Gasteiger partial charge in [-0.25, -0.2) is 4.57 Å². The van der Waals surface area contributed by atoms with Gasteiger partial charge in [-0.3, -0.25) is 18.6 Å². The second-order valence-electron chi connectivity index (χ2n) is 18.7. The van der Waals surface area contributed by atoms with Gasteiger partial charge in [-0.2, -0.15) is 0 Å². The molecule has 1 saturated carbocycles. The van der Waals surface area contributed by atoms with Gasteiger partial charge in [0.2, 0.25) is 0 Å². The van der Waals surface area contributed by atoms with E-state index in [1.165, 1.54) is 109 Å². The number of esters is 2. The average Bonchev–Trinajstić information content (AvgIpc) is 3.33. The van der Waals surface area contributed by atoms with Gasteiger partial charge < -0.3 is 39.9 Å².